The number of ketones is 1. The van der Waals surface area contributed by atoms with E-state index in [1.165, 1.54) is 25.7 Å². The van der Waals surface area contributed by atoms with Gasteiger partial charge < -0.3 is 5.32 Å². The Balaban J connectivity index is 1.85. The van der Waals surface area contributed by atoms with Crippen molar-refractivity contribution in [2.45, 2.75) is 76.8 Å². The first kappa shape index (κ1) is 15.5. The predicted octanol–water partition coefficient (Wildman–Crippen LogP) is 2.27. The van der Waals surface area contributed by atoms with E-state index >= 15 is 0 Å². The van der Waals surface area contributed by atoms with Gasteiger partial charge in [-0.3, -0.25) is 14.5 Å². The summed E-state index contributed by atoms with van der Waals surface area (Å²) in [6.45, 7) is 3.08. The number of amides is 1. The molecule has 1 N–H and O–H groups in total. The fourth-order valence-corrected chi connectivity index (χ4v) is 3.54. The van der Waals surface area contributed by atoms with Gasteiger partial charge in [0, 0.05) is 18.5 Å². The van der Waals surface area contributed by atoms with Gasteiger partial charge in [-0.15, -0.1) is 0 Å². The average molecular weight is 280 g/mol. The molecule has 1 unspecified atom stereocenters. The lowest BCUT2D eigenvalue weighted by atomic mass is 10.0. The molecule has 1 saturated carbocycles. The minimum atomic E-state index is 0.146. The Morgan fingerprint density at radius 2 is 1.75 bits per heavy atom. The minimum Gasteiger partial charge on any atom is -0.352 e. The van der Waals surface area contributed by atoms with Crippen LogP contribution >= 0.6 is 0 Å². The normalized spacial score (nSPS) is 25.4. The SMILES string of the molecule is CC(=O)CC1CCCCCN1CC(=O)NC1CCCC1. The third kappa shape index (κ3) is 4.89. The second kappa shape index (κ2) is 7.77. The first-order chi connectivity index (χ1) is 9.65. The van der Waals surface area contributed by atoms with E-state index in [9.17, 15) is 9.59 Å². The van der Waals surface area contributed by atoms with Gasteiger partial charge in [0.15, 0.2) is 0 Å². The number of nitrogens with one attached hydrogen (secondary N) is 1. The molecule has 20 heavy (non-hydrogen) atoms. The van der Waals surface area contributed by atoms with Crippen molar-refractivity contribution in [3.63, 3.8) is 0 Å². The molecule has 1 saturated heterocycles. The van der Waals surface area contributed by atoms with Crippen molar-refractivity contribution in [1.29, 1.82) is 0 Å². The van der Waals surface area contributed by atoms with Gasteiger partial charge >= 0.3 is 0 Å². The molecule has 2 rings (SSSR count). The average Bonchev–Trinajstić information content (AvgIpc) is 2.79. The van der Waals surface area contributed by atoms with E-state index in [0.29, 0.717) is 19.0 Å². The number of carbonyl (C=O) groups excluding carboxylic acids is 2. The first-order valence-electron chi connectivity index (χ1n) is 8.18. The lowest BCUT2D eigenvalue weighted by molar-refractivity contribution is -0.125. The molecule has 2 fully saturated rings. The first-order valence-corrected chi connectivity index (χ1v) is 8.18. The molecular weight excluding hydrogens is 252 g/mol. The van der Waals surface area contributed by atoms with Crippen LogP contribution in [0.5, 0.6) is 0 Å². The summed E-state index contributed by atoms with van der Waals surface area (Å²) in [6, 6.07) is 0.657. The summed E-state index contributed by atoms with van der Waals surface area (Å²) < 4.78 is 0. The molecule has 0 spiro atoms. The molecule has 0 bridgehead atoms. The van der Waals surface area contributed by atoms with Crippen LogP contribution in [0.25, 0.3) is 0 Å². The maximum Gasteiger partial charge on any atom is 0.234 e. The maximum absolute atomic E-state index is 12.2. The van der Waals surface area contributed by atoms with Gasteiger partial charge in [0.2, 0.25) is 5.91 Å². The van der Waals surface area contributed by atoms with Crippen molar-refractivity contribution in [3.05, 3.63) is 0 Å². The van der Waals surface area contributed by atoms with Gasteiger partial charge in [-0.25, -0.2) is 0 Å². The van der Waals surface area contributed by atoms with Crippen molar-refractivity contribution >= 4 is 11.7 Å². The van der Waals surface area contributed by atoms with Crippen LogP contribution in [-0.2, 0) is 9.59 Å². The zero-order valence-corrected chi connectivity index (χ0v) is 12.7. The Bertz CT molecular complexity index is 337. The van der Waals surface area contributed by atoms with Crippen LogP contribution in [-0.4, -0.2) is 41.8 Å². The fraction of sp³-hybridized carbons (Fsp3) is 0.875. The van der Waals surface area contributed by atoms with Crippen LogP contribution in [0, 0.1) is 0 Å². The second-order valence-electron chi connectivity index (χ2n) is 6.43. The highest BCUT2D eigenvalue weighted by Gasteiger charge is 2.25. The summed E-state index contributed by atoms with van der Waals surface area (Å²) in [6.07, 6.45) is 9.92. The van der Waals surface area contributed by atoms with Gasteiger partial charge in [0.1, 0.15) is 5.78 Å². The molecule has 2 aliphatic rings. The molecule has 0 radical (unpaired) electrons. The van der Waals surface area contributed by atoms with Crippen LogP contribution in [0.1, 0.15) is 64.7 Å². The molecular formula is C16H28N2O2. The molecule has 0 aromatic rings. The molecule has 1 atom stereocenters. The summed E-state index contributed by atoms with van der Waals surface area (Å²) >= 11 is 0. The molecule has 1 aliphatic heterocycles. The number of Topliss-reactive ketones (excluding diaryl/α,β-unsaturated/α-hetero) is 1. The molecule has 4 heteroatoms. The summed E-state index contributed by atoms with van der Waals surface area (Å²) in [5, 5.41) is 3.15. The topological polar surface area (TPSA) is 49.4 Å². The summed E-state index contributed by atoms with van der Waals surface area (Å²) in [4.78, 5) is 25.8. The fourth-order valence-electron chi connectivity index (χ4n) is 3.54. The van der Waals surface area contributed by atoms with E-state index in [-0.39, 0.29) is 17.7 Å². The molecule has 114 valence electrons. The monoisotopic (exact) mass is 280 g/mol. The van der Waals surface area contributed by atoms with Crippen molar-refractivity contribution in [1.82, 2.24) is 10.2 Å². The number of nitrogens with zero attached hydrogens (tertiary/aromatic N) is 1. The highest BCUT2D eigenvalue weighted by atomic mass is 16.2. The zero-order valence-electron chi connectivity index (χ0n) is 12.7. The Labute approximate surface area is 122 Å². The molecule has 0 aromatic heterocycles. The molecule has 0 aromatic carbocycles. The van der Waals surface area contributed by atoms with Crippen LogP contribution in [0.15, 0.2) is 0 Å². The van der Waals surface area contributed by atoms with E-state index < -0.39 is 0 Å². The van der Waals surface area contributed by atoms with Gasteiger partial charge in [0.25, 0.3) is 0 Å². The van der Waals surface area contributed by atoms with Crippen LogP contribution in [0.2, 0.25) is 0 Å². The van der Waals surface area contributed by atoms with E-state index in [0.717, 1.165) is 32.2 Å². The maximum atomic E-state index is 12.2. The summed E-state index contributed by atoms with van der Waals surface area (Å²) in [5.41, 5.74) is 0. The van der Waals surface area contributed by atoms with Gasteiger partial charge in [-0.2, -0.15) is 0 Å². The minimum absolute atomic E-state index is 0.146. The zero-order chi connectivity index (χ0) is 14.4. The highest BCUT2D eigenvalue weighted by Crippen LogP contribution is 2.20. The number of hydrogen-bond donors (Lipinski definition) is 1. The third-order valence-electron chi connectivity index (χ3n) is 4.59. The van der Waals surface area contributed by atoms with Crippen molar-refractivity contribution in [3.8, 4) is 0 Å². The molecule has 1 amide bonds. The Kier molecular flexibility index (Phi) is 6.02. The Morgan fingerprint density at radius 1 is 1.05 bits per heavy atom. The van der Waals surface area contributed by atoms with Gasteiger partial charge in [0.05, 0.1) is 6.54 Å². The van der Waals surface area contributed by atoms with Gasteiger partial charge in [-0.05, 0) is 39.2 Å². The van der Waals surface area contributed by atoms with Crippen LogP contribution in [0.3, 0.4) is 0 Å². The molecule has 1 heterocycles. The highest BCUT2D eigenvalue weighted by molar-refractivity contribution is 5.79. The standard InChI is InChI=1S/C16H28N2O2/c1-13(19)11-15-9-3-2-6-10-18(15)12-16(20)17-14-7-4-5-8-14/h14-15H,2-12H2,1H3,(H,17,20). The lowest BCUT2D eigenvalue weighted by Crippen LogP contribution is -2.45. The largest absolute Gasteiger partial charge is 0.352 e. The second-order valence-corrected chi connectivity index (χ2v) is 6.43. The van der Waals surface area contributed by atoms with Crippen molar-refractivity contribution < 1.29 is 9.59 Å². The predicted molar refractivity (Wildman–Crippen MR) is 79.5 cm³/mol. The van der Waals surface area contributed by atoms with Crippen LogP contribution < -0.4 is 5.32 Å². The molecule has 4 nitrogen and oxygen atoms in total. The molecule has 1 aliphatic carbocycles. The van der Waals surface area contributed by atoms with E-state index in [2.05, 4.69) is 10.2 Å². The number of carbonyl (C=O) groups is 2. The summed E-state index contributed by atoms with van der Waals surface area (Å²) in [5.74, 6) is 0.380. The van der Waals surface area contributed by atoms with E-state index in [1.807, 2.05) is 0 Å². The summed E-state index contributed by atoms with van der Waals surface area (Å²) in [7, 11) is 0. The number of hydrogen-bond acceptors (Lipinski definition) is 3. The number of rotatable bonds is 5. The quantitative estimate of drug-likeness (QED) is 0.840. The van der Waals surface area contributed by atoms with Crippen molar-refractivity contribution in [2.75, 3.05) is 13.1 Å². The van der Waals surface area contributed by atoms with Crippen LogP contribution in [0.4, 0.5) is 0 Å². The smallest absolute Gasteiger partial charge is 0.234 e. The Hall–Kier alpha value is -0.900. The van der Waals surface area contributed by atoms with E-state index in [4.69, 9.17) is 0 Å². The van der Waals surface area contributed by atoms with E-state index in [1.54, 1.807) is 6.92 Å². The van der Waals surface area contributed by atoms with Gasteiger partial charge in [-0.1, -0.05) is 25.7 Å². The lowest BCUT2D eigenvalue weighted by Gasteiger charge is -2.29. The van der Waals surface area contributed by atoms with Crippen molar-refractivity contribution in [2.24, 2.45) is 0 Å². The third-order valence-corrected chi connectivity index (χ3v) is 4.59. The number of likely N-dealkylation sites (tertiary alicyclic amines) is 1. The Morgan fingerprint density at radius 3 is 2.45 bits per heavy atom.